The lowest BCUT2D eigenvalue weighted by molar-refractivity contribution is -0.122. The van der Waals surface area contributed by atoms with Crippen LogP contribution in [0.5, 0.6) is 11.5 Å². The third-order valence-corrected chi connectivity index (χ3v) is 2.57. The molecule has 3 N–H and O–H groups in total. The minimum atomic E-state index is -0.506. The summed E-state index contributed by atoms with van der Waals surface area (Å²) < 4.78 is 10.8. The molecule has 1 amide bonds. The van der Waals surface area contributed by atoms with Crippen molar-refractivity contribution in [3.63, 3.8) is 0 Å². The summed E-state index contributed by atoms with van der Waals surface area (Å²) in [6, 6.07) is 5.09. The van der Waals surface area contributed by atoms with Gasteiger partial charge in [-0.15, -0.1) is 0 Å². The predicted octanol–water partition coefficient (Wildman–Crippen LogP) is 1.45. The second-order valence-corrected chi connectivity index (χ2v) is 4.34. The van der Waals surface area contributed by atoms with Crippen LogP contribution in [0.25, 0.3) is 0 Å². The highest BCUT2D eigenvalue weighted by atomic mass is 16.5. The largest absolute Gasteiger partial charge is 0.493 e. The van der Waals surface area contributed by atoms with E-state index in [4.69, 9.17) is 15.2 Å². The number of nitrogens with two attached hydrogens (primary N) is 1. The minimum absolute atomic E-state index is 0.176. The molecule has 5 heteroatoms. The molecule has 0 spiro atoms. The smallest absolute Gasteiger partial charge is 0.236 e. The highest BCUT2D eigenvalue weighted by Gasteiger charge is 2.09. The molecule has 0 saturated carbocycles. The number of carbonyl (C=O) groups is 1. The van der Waals surface area contributed by atoms with Crippen LogP contribution in [-0.2, 0) is 11.3 Å². The molecule has 1 atom stereocenters. The summed E-state index contributed by atoms with van der Waals surface area (Å²) in [6.45, 7) is 4.77. The van der Waals surface area contributed by atoms with Crippen molar-refractivity contribution in [1.82, 2.24) is 5.32 Å². The zero-order valence-corrected chi connectivity index (χ0v) is 11.7. The molecule has 0 fully saturated rings. The maximum atomic E-state index is 11.4. The van der Waals surface area contributed by atoms with Crippen LogP contribution in [0.15, 0.2) is 18.2 Å². The van der Waals surface area contributed by atoms with Crippen molar-refractivity contribution < 1.29 is 14.3 Å². The molecule has 1 aromatic rings. The van der Waals surface area contributed by atoms with Crippen LogP contribution in [0.2, 0.25) is 0 Å². The molecule has 5 nitrogen and oxygen atoms in total. The summed E-state index contributed by atoms with van der Waals surface area (Å²) in [6.07, 6.45) is 0.940. The summed E-state index contributed by atoms with van der Waals surface area (Å²) in [4.78, 5) is 11.4. The number of carbonyl (C=O) groups excluding carboxylic acids is 1. The zero-order chi connectivity index (χ0) is 14.3. The molecule has 0 saturated heterocycles. The molecule has 0 aliphatic heterocycles. The van der Waals surface area contributed by atoms with E-state index in [1.165, 1.54) is 0 Å². The number of nitrogens with one attached hydrogen (secondary N) is 1. The van der Waals surface area contributed by atoms with Gasteiger partial charge in [0.2, 0.25) is 5.91 Å². The standard InChI is InChI=1S/C14H22N2O3/c1-4-7-19-12-6-5-11(8-13(12)18-3)9-16-14(17)10(2)15/h5-6,8,10H,4,7,9,15H2,1-3H3,(H,16,17)/t10-/m1/s1. The highest BCUT2D eigenvalue weighted by molar-refractivity contribution is 5.80. The molecular formula is C14H22N2O3. The van der Waals surface area contributed by atoms with E-state index in [0.717, 1.165) is 12.0 Å². The van der Waals surface area contributed by atoms with Crippen molar-refractivity contribution in [2.75, 3.05) is 13.7 Å². The lowest BCUT2D eigenvalue weighted by Gasteiger charge is -2.12. The summed E-state index contributed by atoms with van der Waals surface area (Å²) >= 11 is 0. The Morgan fingerprint density at radius 2 is 2.16 bits per heavy atom. The molecule has 106 valence electrons. The first-order chi connectivity index (χ1) is 9.08. The van der Waals surface area contributed by atoms with E-state index in [-0.39, 0.29) is 5.91 Å². The average molecular weight is 266 g/mol. The predicted molar refractivity (Wildman–Crippen MR) is 74.3 cm³/mol. The van der Waals surface area contributed by atoms with E-state index in [2.05, 4.69) is 5.32 Å². The number of hydrogen-bond donors (Lipinski definition) is 2. The minimum Gasteiger partial charge on any atom is -0.493 e. The van der Waals surface area contributed by atoms with Crippen molar-refractivity contribution in [2.24, 2.45) is 5.73 Å². The molecule has 0 aliphatic rings. The van der Waals surface area contributed by atoms with Gasteiger partial charge in [0, 0.05) is 6.54 Å². The summed E-state index contributed by atoms with van der Waals surface area (Å²) in [5.41, 5.74) is 6.42. The lowest BCUT2D eigenvalue weighted by atomic mass is 10.2. The summed E-state index contributed by atoms with van der Waals surface area (Å²) in [5.74, 6) is 1.21. The zero-order valence-electron chi connectivity index (χ0n) is 11.7. The van der Waals surface area contributed by atoms with Gasteiger partial charge >= 0.3 is 0 Å². The van der Waals surface area contributed by atoms with Crippen LogP contribution in [0.3, 0.4) is 0 Å². The van der Waals surface area contributed by atoms with E-state index >= 15 is 0 Å². The van der Waals surface area contributed by atoms with Gasteiger partial charge in [0.25, 0.3) is 0 Å². The van der Waals surface area contributed by atoms with Crippen LogP contribution in [0.1, 0.15) is 25.8 Å². The number of ether oxygens (including phenoxy) is 2. The van der Waals surface area contributed by atoms with Crippen molar-refractivity contribution in [2.45, 2.75) is 32.9 Å². The van der Waals surface area contributed by atoms with Crippen LogP contribution >= 0.6 is 0 Å². The van der Waals surface area contributed by atoms with E-state index in [1.807, 2.05) is 25.1 Å². The van der Waals surface area contributed by atoms with Crippen LogP contribution in [-0.4, -0.2) is 25.7 Å². The number of benzene rings is 1. The molecule has 0 bridgehead atoms. The summed E-state index contributed by atoms with van der Waals surface area (Å²) in [5, 5.41) is 2.75. The average Bonchev–Trinajstić information content (AvgIpc) is 2.42. The van der Waals surface area contributed by atoms with Gasteiger partial charge < -0.3 is 20.5 Å². The second-order valence-electron chi connectivity index (χ2n) is 4.34. The molecular weight excluding hydrogens is 244 g/mol. The van der Waals surface area contributed by atoms with Crippen molar-refractivity contribution in [1.29, 1.82) is 0 Å². The Morgan fingerprint density at radius 1 is 1.42 bits per heavy atom. The molecule has 0 heterocycles. The molecule has 0 unspecified atom stereocenters. The maximum Gasteiger partial charge on any atom is 0.236 e. The molecule has 0 radical (unpaired) electrons. The van der Waals surface area contributed by atoms with E-state index < -0.39 is 6.04 Å². The van der Waals surface area contributed by atoms with Gasteiger partial charge in [-0.3, -0.25) is 4.79 Å². The summed E-state index contributed by atoms with van der Waals surface area (Å²) in [7, 11) is 1.60. The van der Waals surface area contributed by atoms with Crippen LogP contribution < -0.4 is 20.5 Å². The van der Waals surface area contributed by atoms with Gasteiger partial charge in [-0.05, 0) is 31.0 Å². The fourth-order valence-electron chi connectivity index (χ4n) is 1.50. The van der Waals surface area contributed by atoms with Crippen LogP contribution in [0, 0.1) is 0 Å². The Morgan fingerprint density at radius 3 is 2.74 bits per heavy atom. The Bertz CT molecular complexity index is 419. The van der Waals surface area contributed by atoms with E-state index in [1.54, 1.807) is 14.0 Å². The monoisotopic (exact) mass is 266 g/mol. The Hall–Kier alpha value is -1.75. The Labute approximate surface area is 114 Å². The quantitative estimate of drug-likeness (QED) is 0.783. The number of rotatable bonds is 7. The van der Waals surface area contributed by atoms with E-state index in [0.29, 0.717) is 24.7 Å². The second kappa shape index (κ2) is 7.63. The first kappa shape index (κ1) is 15.3. The van der Waals surface area contributed by atoms with Gasteiger partial charge in [0.15, 0.2) is 11.5 Å². The van der Waals surface area contributed by atoms with Gasteiger partial charge in [-0.2, -0.15) is 0 Å². The molecule has 19 heavy (non-hydrogen) atoms. The Kier molecular flexibility index (Phi) is 6.15. The van der Waals surface area contributed by atoms with Gasteiger partial charge in [0.05, 0.1) is 19.8 Å². The SMILES string of the molecule is CCCOc1ccc(CNC(=O)[C@@H](C)N)cc1OC. The molecule has 1 rings (SSSR count). The van der Waals surface area contributed by atoms with Crippen molar-refractivity contribution in [3.8, 4) is 11.5 Å². The fraction of sp³-hybridized carbons (Fsp3) is 0.500. The van der Waals surface area contributed by atoms with Gasteiger partial charge in [0.1, 0.15) is 0 Å². The first-order valence-electron chi connectivity index (χ1n) is 6.41. The lowest BCUT2D eigenvalue weighted by Crippen LogP contribution is -2.37. The Balaban J connectivity index is 2.68. The molecule has 0 aromatic heterocycles. The third kappa shape index (κ3) is 4.79. The van der Waals surface area contributed by atoms with Crippen molar-refractivity contribution >= 4 is 5.91 Å². The van der Waals surface area contributed by atoms with Crippen molar-refractivity contribution in [3.05, 3.63) is 23.8 Å². The number of amides is 1. The first-order valence-corrected chi connectivity index (χ1v) is 6.41. The maximum absolute atomic E-state index is 11.4. The number of methoxy groups -OCH3 is 1. The fourth-order valence-corrected chi connectivity index (χ4v) is 1.50. The topological polar surface area (TPSA) is 73.6 Å². The number of hydrogen-bond acceptors (Lipinski definition) is 4. The third-order valence-electron chi connectivity index (χ3n) is 2.57. The van der Waals surface area contributed by atoms with Gasteiger partial charge in [-0.25, -0.2) is 0 Å². The van der Waals surface area contributed by atoms with E-state index in [9.17, 15) is 4.79 Å². The molecule has 0 aliphatic carbocycles. The van der Waals surface area contributed by atoms with Crippen LogP contribution in [0.4, 0.5) is 0 Å². The normalized spacial score (nSPS) is 11.8. The highest BCUT2D eigenvalue weighted by Crippen LogP contribution is 2.28. The molecule has 1 aromatic carbocycles. The van der Waals surface area contributed by atoms with Gasteiger partial charge in [-0.1, -0.05) is 13.0 Å².